The number of hydrogen-bond acceptors (Lipinski definition) is 12. The van der Waals surface area contributed by atoms with Crippen molar-refractivity contribution in [1.82, 2.24) is 0 Å². The van der Waals surface area contributed by atoms with Crippen molar-refractivity contribution in [3.63, 3.8) is 0 Å². The minimum absolute atomic E-state index is 0.154. The third kappa shape index (κ3) is 20.3. The van der Waals surface area contributed by atoms with Gasteiger partial charge in [-0.1, -0.05) is 55.4 Å². The van der Waals surface area contributed by atoms with Gasteiger partial charge in [-0.15, -0.1) is 0 Å². The normalized spacial score (nSPS) is 19.6. The van der Waals surface area contributed by atoms with Gasteiger partial charge in [0.1, 0.15) is 24.4 Å². The maximum absolute atomic E-state index is 12.6. The summed E-state index contributed by atoms with van der Waals surface area (Å²) < 4.78 is 43.2. The highest BCUT2D eigenvalue weighted by molar-refractivity contribution is 5.63. The Morgan fingerprint density at radius 3 is 0.783 bits per heavy atom. The molecule has 0 amide bonds. The van der Waals surface area contributed by atoms with Crippen LogP contribution in [0.2, 0.25) is 0 Å². The van der Waals surface area contributed by atoms with Gasteiger partial charge in [0, 0.05) is 12.8 Å². The Morgan fingerprint density at radius 2 is 0.609 bits per heavy atom. The van der Waals surface area contributed by atoms with E-state index in [1.807, 2.05) is 0 Å². The van der Waals surface area contributed by atoms with Crippen LogP contribution in [0.4, 0.5) is 19.2 Å². The fraction of sp³-hybridized carbons (Fsp3) is 0.882. The summed E-state index contributed by atoms with van der Waals surface area (Å²) in [5.41, 5.74) is 0. The van der Waals surface area contributed by atoms with Crippen molar-refractivity contribution >= 4 is 24.6 Å². The molecule has 12 heteroatoms. The molecule has 1 aliphatic carbocycles. The van der Waals surface area contributed by atoms with E-state index in [0.717, 1.165) is 25.7 Å². The van der Waals surface area contributed by atoms with Crippen LogP contribution in [0.1, 0.15) is 120 Å². The first-order valence-electron chi connectivity index (χ1n) is 17.1. The quantitative estimate of drug-likeness (QED) is 0.0701. The van der Waals surface area contributed by atoms with Gasteiger partial charge in [-0.3, -0.25) is 0 Å². The van der Waals surface area contributed by atoms with Crippen molar-refractivity contribution in [1.29, 1.82) is 0 Å². The molecule has 0 spiro atoms. The van der Waals surface area contributed by atoms with Crippen molar-refractivity contribution in [2.75, 3.05) is 26.4 Å². The van der Waals surface area contributed by atoms with Crippen LogP contribution in [0.3, 0.4) is 0 Å². The molecule has 0 bridgehead atoms. The summed E-state index contributed by atoms with van der Waals surface area (Å²) in [5, 5.41) is 0. The van der Waals surface area contributed by atoms with Gasteiger partial charge in [0.2, 0.25) is 0 Å². The molecule has 0 heterocycles. The van der Waals surface area contributed by atoms with Crippen LogP contribution in [-0.2, 0) is 37.9 Å². The molecule has 1 rings (SSSR count). The number of hydrogen-bond donors (Lipinski definition) is 0. The maximum atomic E-state index is 12.6. The van der Waals surface area contributed by atoms with E-state index >= 15 is 0 Å². The number of carbonyl (C=O) groups excluding carboxylic acids is 4. The fourth-order valence-corrected chi connectivity index (χ4v) is 4.78. The Hall–Kier alpha value is -2.92. The Kier molecular flexibility index (Phi) is 20.9. The van der Waals surface area contributed by atoms with Crippen LogP contribution >= 0.6 is 0 Å². The van der Waals surface area contributed by atoms with Gasteiger partial charge in [-0.05, 0) is 75.0 Å². The molecule has 4 unspecified atom stereocenters. The summed E-state index contributed by atoms with van der Waals surface area (Å²) in [6, 6.07) is 0. The zero-order valence-corrected chi connectivity index (χ0v) is 29.4. The van der Waals surface area contributed by atoms with Gasteiger partial charge >= 0.3 is 24.6 Å². The molecule has 268 valence electrons. The summed E-state index contributed by atoms with van der Waals surface area (Å²) in [5.74, 6) is 1.79. The summed E-state index contributed by atoms with van der Waals surface area (Å²) in [4.78, 5) is 50.5. The molecule has 12 nitrogen and oxygen atoms in total. The summed E-state index contributed by atoms with van der Waals surface area (Å²) in [7, 11) is 0. The first-order valence-corrected chi connectivity index (χ1v) is 17.1. The van der Waals surface area contributed by atoms with Crippen LogP contribution in [0, 0.1) is 23.7 Å². The second-order valence-electron chi connectivity index (χ2n) is 13.6. The minimum atomic E-state index is -1.08. The molecule has 0 saturated heterocycles. The van der Waals surface area contributed by atoms with Crippen molar-refractivity contribution in [3.8, 4) is 0 Å². The molecule has 1 saturated carbocycles. The summed E-state index contributed by atoms with van der Waals surface area (Å²) >= 11 is 0. The standard InChI is InChI=1S/C34H60O12/c1-23(2)13-9-17-39-31(35)43-27-21-29(45-33(37)41-19-11-15-25(5)6)30(46-34(38)42-20-12-16-26(7)8)22-28(27)44-32(36)40-18-10-14-24(3)4/h23-30H,9-22H2,1-8H3. The predicted octanol–water partition coefficient (Wildman–Crippen LogP) is 8.61. The zero-order valence-electron chi connectivity index (χ0n) is 29.4. The Bertz CT molecular complexity index is 734. The average Bonchev–Trinajstić information content (AvgIpc) is 2.95. The Balaban J connectivity index is 3.03. The monoisotopic (exact) mass is 660 g/mol. The third-order valence-corrected chi connectivity index (χ3v) is 7.33. The van der Waals surface area contributed by atoms with Crippen LogP contribution in [0.25, 0.3) is 0 Å². The van der Waals surface area contributed by atoms with Crippen molar-refractivity contribution < 1.29 is 57.1 Å². The smallest absolute Gasteiger partial charge is 0.434 e. The van der Waals surface area contributed by atoms with Crippen LogP contribution in [0.15, 0.2) is 0 Å². The molecule has 4 atom stereocenters. The first kappa shape index (κ1) is 41.1. The van der Waals surface area contributed by atoms with E-state index in [1.165, 1.54) is 0 Å². The van der Waals surface area contributed by atoms with Gasteiger partial charge < -0.3 is 37.9 Å². The molecule has 46 heavy (non-hydrogen) atoms. The second kappa shape index (κ2) is 23.4. The lowest BCUT2D eigenvalue weighted by atomic mass is 9.89. The maximum Gasteiger partial charge on any atom is 0.508 e. The molecule has 1 aliphatic rings. The lowest BCUT2D eigenvalue weighted by Crippen LogP contribution is -2.51. The first-order chi connectivity index (χ1) is 21.8. The average molecular weight is 661 g/mol. The largest absolute Gasteiger partial charge is 0.508 e. The molecule has 0 aliphatic heterocycles. The molecule has 0 aromatic carbocycles. The lowest BCUT2D eigenvalue weighted by molar-refractivity contribution is -0.142. The lowest BCUT2D eigenvalue weighted by Gasteiger charge is -2.38. The molecule has 1 fully saturated rings. The van der Waals surface area contributed by atoms with E-state index in [1.54, 1.807) is 0 Å². The van der Waals surface area contributed by atoms with Crippen molar-refractivity contribution in [2.45, 2.75) is 144 Å². The minimum Gasteiger partial charge on any atom is -0.434 e. The number of carbonyl (C=O) groups is 4. The van der Waals surface area contributed by atoms with Gasteiger partial charge in [0.15, 0.2) is 0 Å². The van der Waals surface area contributed by atoms with Crippen molar-refractivity contribution in [2.24, 2.45) is 23.7 Å². The Labute approximate surface area is 275 Å². The van der Waals surface area contributed by atoms with E-state index in [4.69, 9.17) is 37.9 Å². The third-order valence-electron chi connectivity index (χ3n) is 7.33. The van der Waals surface area contributed by atoms with E-state index in [2.05, 4.69) is 55.4 Å². The molecule has 0 N–H and O–H groups in total. The summed E-state index contributed by atoms with van der Waals surface area (Å²) in [6.07, 6.45) is -2.35. The van der Waals surface area contributed by atoms with E-state index in [9.17, 15) is 19.2 Å². The highest BCUT2D eigenvalue weighted by Crippen LogP contribution is 2.31. The van der Waals surface area contributed by atoms with Crippen LogP contribution in [0.5, 0.6) is 0 Å². The SMILES string of the molecule is CC(C)CCCOC(=O)OC1CC(OC(=O)OCCCC(C)C)C(OC(=O)OCCCC(C)C)CC1OC(=O)OCCCC(C)C. The van der Waals surface area contributed by atoms with Gasteiger partial charge in [-0.2, -0.15) is 0 Å². The van der Waals surface area contributed by atoms with Gasteiger partial charge in [-0.25, -0.2) is 19.2 Å². The molecular weight excluding hydrogens is 600 g/mol. The van der Waals surface area contributed by atoms with E-state index < -0.39 is 49.0 Å². The number of ether oxygens (including phenoxy) is 8. The Morgan fingerprint density at radius 1 is 0.413 bits per heavy atom. The van der Waals surface area contributed by atoms with Gasteiger partial charge in [0.25, 0.3) is 0 Å². The fourth-order valence-electron chi connectivity index (χ4n) is 4.78. The molecular formula is C34H60O12. The van der Waals surface area contributed by atoms with Gasteiger partial charge in [0.05, 0.1) is 26.4 Å². The van der Waals surface area contributed by atoms with Crippen LogP contribution < -0.4 is 0 Å². The van der Waals surface area contributed by atoms with Crippen LogP contribution in [-0.4, -0.2) is 75.5 Å². The highest BCUT2D eigenvalue weighted by atomic mass is 16.8. The van der Waals surface area contributed by atoms with E-state index in [-0.39, 0.29) is 39.3 Å². The number of rotatable bonds is 20. The molecule has 0 aromatic rings. The van der Waals surface area contributed by atoms with E-state index in [0.29, 0.717) is 49.4 Å². The van der Waals surface area contributed by atoms with Crippen molar-refractivity contribution in [3.05, 3.63) is 0 Å². The second-order valence-corrected chi connectivity index (χ2v) is 13.6. The molecule has 0 aromatic heterocycles. The highest BCUT2D eigenvalue weighted by Gasteiger charge is 2.46. The topological polar surface area (TPSA) is 142 Å². The predicted molar refractivity (Wildman–Crippen MR) is 170 cm³/mol. The zero-order chi connectivity index (χ0) is 34.5. The molecule has 0 radical (unpaired) electrons. The summed E-state index contributed by atoms with van der Waals surface area (Å²) in [6.45, 7) is 17.2.